The third-order valence-electron chi connectivity index (χ3n) is 7.11. The monoisotopic (exact) mass is 453 g/mol. The maximum Gasteiger partial charge on any atom is 0.231 e. The average molecular weight is 454 g/mol. The number of benzene rings is 2. The largest absolute Gasteiger partial charge is 0.432 e. The number of para-hydroxylation sites is 1. The number of hydrogen-bond donors (Lipinski definition) is 2. The van der Waals surface area contributed by atoms with Gasteiger partial charge in [0.2, 0.25) is 5.91 Å². The topological polar surface area (TPSA) is 70.0 Å². The van der Waals surface area contributed by atoms with Crippen molar-refractivity contribution in [2.45, 2.75) is 69.9 Å². The quantitative estimate of drug-likeness (QED) is 0.602. The van der Waals surface area contributed by atoms with Gasteiger partial charge in [-0.2, -0.15) is 0 Å². The molecule has 0 aromatic heterocycles. The molecule has 172 valence electrons. The Morgan fingerprint density at radius 3 is 2.59 bits per heavy atom. The summed E-state index contributed by atoms with van der Waals surface area (Å²) in [7, 11) is -2.39. The highest BCUT2D eigenvalue weighted by atomic mass is 28.4. The van der Waals surface area contributed by atoms with Gasteiger partial charge in [-0.3, -0.25) is 9.69 Å². The second-order valence-electron chi connectivity index (χ2n) is 9.83. The van der Waals surface area contributed by atoms with Gasteiger partial charge in [0.25, 0.3) is 0 Å². The Kier molecular flexibility index (Phi) is 6.86. The van der Waals surface area contributed by atoms with Gasteiger partial charge in [-0.1, -0.05) is 37.3 Å². The molecular weight excluding hydrogens is 418 g/mol. The number of ether oxygens (including phenoxy) is 1. The molecule has 6 heteroatoms. The highest BCUT2D eigenvalue weighted by Crippen LogP contribution is 2.45. The lowest BCUT2D eigenvalue weighted by atomic mass is 9.95. The van der Waals surface area contributed by atoms with Crippen molar-refractivity contribution in [3.63, 3.8) is 0 Å². The lowest BCUT2D eigenvalue weighted by Gasteiger charge is -2.30. The van der Waals surface area contributed by atoms with E-state index >= 15 is 0 Å². The molecular formula is C26H35NO4Si. The minimum Gasteiger partial charge on any atom is -0.432 e. The van der Waals surface area contributed by atoms with Crippen LogP contribution in [0.1, 0.15) is 37.3 Å². The number of rotatable bonds is 7. The number of carbonyl (C=O) groups is 1. The molecule has 2 heterocycles. The van der Waals surface area contributed by atoms with Crippen molar-refractivity contribution in [1.82, 2.24) is 0 Å². The molecule has 0 unspecified atom stereocenters. The van der Waals surface area contributed by atoms with Gasteiger partial charge in [0, 0.05) is 24.3 Å². The van der Waals surface area contributed by atoms with Gasteiger partial charge in [0.15, 0.2) is 8.32 Å². The fourth-order valence-electron chi connectivity index (χ4n) is 5.68. The Hall–Kier alpha value is -1.99. The van der Waals surface area contributed by atoms with Gasteiger partial charge in [0.05, 0.1) is 17.9 Å². The van der Waals surface area contributed by atoms with E-state index in [1.54, 1.807) is 0 Å². The van der Waals surface area contributed by atoms with Crippen LogP contribution >= 0.6 is 0 Å². The van der Waals surface area contributed by atoms with Crippen molar-refractivity contribution in [2.75, 3.05) is 11.5 Å². The number of anilines is 2. The van der Waals surface area contributed by atoms with Gasteiger partial charge >= 0.3 is 0 Å². The van der Waals surface area contributed by atoms with Crippen LogP contribution in [0, 0.1) is 5.92 Å². The van der Waals surface area contributed by atoms with Crippen molar-refractivity contribution in [2.24, 2.45) is 5.92 Å². The first-order chi connectivity index (χ1) is 15.3. The average Bonchev–Trinajstić information content (AvgIpc) is 3.08. The van der Waals surface area contributed by atoms with Crippen LogP contribution in [-0.2, 0) is 22.4 Å². The molecule has 2 aromatic rings. The molecule has 1 saturated heterocycles. The van der Waals surface area contributed by atoms with Crippen LogP contribution in [-0.4, -0.2) is 42.9 Å². The number of hydrogen-bond acceptors (Lipinski definition) is 4. The van der Waals surface area contributed by atoms with Crippen LogP contribution in [0.2, 0.25) is 18.6 Å². The van der Waals surface area contributed by atoms with Gasteiger partial charge in [0.1, 0.15) is 0 Å². The molecule has 2 N–H and O–H groups in total. The summed E-state index contributed by atoms with van der Waals surface area (Å²) < 4.78 is 6.34. The molecule has 4 atom stereocenters. The molecule has 4 rings (SSSR count). The first kappa shape index (κ1) is 23.2. The molecule has 0 radical (unpaired) electrons. The Bertz CT molecular complexity index is 957. The van der Waals surface area contributed by atoms with E-state index in [0.29, 0.717) is 12.8 Å². The first-order valence-corrected chi connectivity index (χ1v) is 14.8. The summed E-state index contributed by atoms with van der Waals surface area (Å²) in [5.74, 6) is 0.398. The predicted octanol–water partition coefficient (Wildman–Crippen LogP) is 4.58. The molecule has 0 saturated carbocycles. The summed E-state index contributed by atoms with van der Waals surface area (Å²) in [4.78, 5) is 25.4. The van der Waals surface area contributed by atoms with Gasteiger partial charge in [-0.25, -0.2) is 0 Å². The van der Waals surface area contributed by atoms with E-state index in [1.807, 2.05) is 48.3 Å². The Morgan fingerprint density at radius 1 is 1.06 bits per heavy atom. The molecule has 2 aliphatic heterocycles. The SMILES string of the molecule is C[C@@H]1[C@@H]([Si](C)(C)O)[C@H](CCO)O[C@@H]1CCc1cccc(N2C(=O)CCc3ccccc32)c1. The highest BCUT2D eigenvalue weighted by molar-refractivity contribution is 6.71. The highest BCUT2D eigenvalue weighted by Gasteiger charge is 2.49. The van der Waals surface area contributed by atoms with Crippen LogP contribution in [0.25, 0.3) is 0 Å². The van der Waals surface area contributed by atoms with Crippen LogP contribution in [0.4, 0.5) is 11.4 Å². The maximum absolute atomic E-state index is 12.8. The van der Waals surface area contributed by atoms with E-state index < -0.39 is 8.32 Å². The van der Waals surface area contributed by atoms with Gasteiger partial charge < -0.3 is 14.6 Å². The maximum atomic E-state index is 12.8. The Balaban J connectivity index is 1.49. The fraction of sp³-hybridized carbons (Fsp3) is 0.500. The molecule has 1 amide bonds. The van der Waals surface area contributed by atoms with Crippen molar-refractivity contribution >= 4 is 25.6 Å². The molecule has 32 heavy (non-hydrogen) atoms. The lowest BCUT2D eigenvalue weighted by Crippen LogP contribution is -2.40. The zero-order valence-corrected chi connectivity index (χ0v) is 20.3. The van der Waals surface area contributed by atoms with E-state index in [9.17, 15) is 14.7 Å². The molecule has 0 aliphatic carbocycles. The summed E-state index contributed by atoms with van der Waals surface area (Å²) >= 11 is 0. The van der Waals surface area contributed by atoms with Crippen LogP contribution in [0.15, 0.2) is 48.5 Å². The number of fused-ring (bicyclic) bond motifs is 1. The first-order valence-electron chi connectivity index (χ1n) is 11.8. The number of aliphatic hydroxyl groups is 1. The molecule has 0 bridgehead atoms. The smallest absolute Gasteiger partial charge is 0.231 e. The summed E-state index contributed by atoms with van der Waals surface area (Å²) in [6.07, 6.45) is 3.61. The molecule has 2 aliphatic rings. The fourth-order valence-corrected chi connectivity index (χ4v) is 8.33. The minimum absolute atomic E-state index is 0.0662. The number of aliphatic hydroxyl groups excluding tert-OH is 1. The Labute approximate surface area is 192 Å². The number of nitrogens with zero attached hydrogens (tertiary/aromatic N) is 1. The third-order valence-corrected chi connectivity index (χ3v) is 9.64. The summed E-state index contributed by atoms with van der Waals surface area (Å²) in [6, 6.07) is 16.4. The standard InChI is InChI=1S/C26H35NO4Si/c1-18-23(31-24(15-16-28)26(18)32(2,3)30)13-11-19-7-6-9-21(17-19)27-22-10-5-4-8-20(22)12-14-25(27)29/h4-10,17-18,23-24,26,28,30H,11-16H2,1-3H3/t18-,23+,24-,26+/m0/s1. The zero-order chi connectivity index (χ0) is 22.9. The lowest BCUT2D eigenvalue weighted by molar-refractivity contribution is -0.118. The summed E-state index contributed by atoms with van der Waals surface area (Å²) in [5, 5.41) is 9.46. The van der Waals surface area contributed by atoms with E-state index in [1.165, 1.54) is 11.1 Å². The van der Waals surface area contributed by atoms with E-state index in [-0.39, 0.29) is 36.2 Å². The van der Waals surface area contributed by atoms with Crippen molar-refractivity contribution in [3.8, 4) is 0 Å². The number of amides is 1. The van der Waals surface area contributed by atoms with E-state index in [2.05, 4.69) is 25.1 Å². The molecule has 1 fully saturated rings. The van der Waals surface area contributed by atoms with Crippen LogP contribution in [0.5, 0.6) is 0 Å². The summed E-state index contributed by atoms with van der Waals surface area (Å²) in [5.41, 5.74) is 4.42. The van der Waals surface area contributed by atoms with E-state index in [0.717, 1.165) is 30.6 Å². The third kappa shape index (κ3) is 4.69. The normalized spacial score (nSPS) is 25.8. The van der Waals surface area contributed by atoms with Gasteiger partial charge in [-0.15, -0.1) is 0 Å². The molecule has 5 nitrogen and oxygen atoms in total. The van der Waals surface area contributed by atoms with Crippen LogP contribution in [0.3, 0.4) is 0 Å². The van der Waals surface area contributed by atoms with Crippen molar-refractivity contribution in [3.05, 3.63) is 59.7 Å². The summed E-state index contributed by atoms with van der Waals surface area (Å²) in [6.45, 7) is 6.21. The van der Waals surface area contributed by atoms with Crippen LogP contribution < -0.4 is 4.90 Å². The predicted molar refractivity (Wildman–Crippen MR) is 130 cm³/mol. The zero-order valence-electron chi connectivity index (χ0n) is 19.3. The van der Waals surface area contributed by atoms with E-state index in [4.69, 9.17) is 4.74 Å². The number of aryl methyl sites for hydroxylation is 2. The molecule has 2 aromatic carbocycles. The van der Waals surface area contributed by atoms with Crippen molar-refractivity contribution in [1.29, 1.82) is 0 Å². The second-order valence-corrected chi connectivity index (χ2v) is 13.8. The molecule has 0 spiro atoms. The minimum atomic E-state index is -2.39. The number of carbonyl (C=O) groups excluding carboxylic acids is 1. The van der Waals surface area contributed by atoms with Crippen molar-refractivity contribution < 1.29 is 19.4 Å². The Morgan fingerprint density at radius 2 is 1.84 bits per heavy atom. The second kappa shape index (κ2) is 9.47. The van der Waals surface area contributed by atoms with Gasteiger partial charge in [-0.05, 0) is 74.0 Å².